The molecule has 6 atom stereocenters. The van der Waals surface area contributed by atoms with Gasteiger partial charge in [0.2, 0.25) is 17.6 Å². The average molecular weight is 697 g/mol. The standard InChI is InChI=1S/C31H19Cl2F5N2O5S/c32-30-10-16-13(7-8-15-18(16)27(43)39(26(15)42)11-12-4-3-9-46-12)19(14-5-1-2-6-17(14)41)31(30,33)29(45)40(28(30)44)25-23(37)21(35)20(34)22(36)24(25)38/h1-7,9,15-16,18-19,41H,8,10-11H2. The molecule has 15 heteroatoms. The van der Waals surface area contributed by atoms with Crippen molar-refractivity contribution in [2.45, 2.75) is 35.1 Å². The van der Waals surface area contributed by atoms with Gasteiger partial charge in [-0.2, -0.15) is 0 Å². The Balaban J connectivity index is 1.41. The zero-order chi connectivity index (χ0) is 33.0. The van der Waals surface area contributed by atoms with E-state index in [0.717, 1.165) is 9.78 Å². The molecule has 2 aliphatic carbocycles. The van der Waals surface area contributed by atoms with Gasteiger partial charge in [-0.25, -0.2) is 26.9 Å². The van der Waals surface area contributed by atoms with Crippen LogP contribution in [-0.4, -0.2) is 43.4 Å². The van der Waals surface area contributed by atoms with Gasteiger partial charge in [-0.1, -0.05) is 35.9 Å². The Morgan fingerprint density at radius 3 is 2.13 bits per heavy atom. The number of carbonyl (C=O) groups is 4. The molecule has 1 aromatic heterocycles. The molecule has 3 fully saturated rings. The van der Waals surface area contributed by atoms with Crippen molar-refractivity contribution in [3.05, 3.63) is 93.0 Å². The molecule has 4 amide bonds. The third-order valence-corrected chi connectivity index (χ3v) is 11.7. The largest absolute Gasteiger partial charge is 0.508 e. The van der Waals surface area contributed by atoms with Crippen LogP contribution in [0.25, 0.3) is 0 Å². The number of rotatable bonds is 4. The number of phenolic OH excluding ortho intramolecular Hbond substituents is 1. The van der Waals surface area contributed by atoms with Gasteiger partial charge in [0.15, 0.2) is 33.0 Å². The van der Waals surface area contributed by atoms with Crippen LogP contribution in [0.15, 0.2) is 53.4 Å². The number of nitrogens with zero attached hydrogens (tertiary/aromatic N) is 2. The van der Waals surface area contributed by atoms with E-state index in [9.17, 15) is 37.5 Å². The van der Waals surface area contributed by atoms with E-state index in [1.807, 2.05) is 0 Å². The number of hydrogen-bond donors (Lipinski definition) is 1. The first kappa shape index (κ1) is 30.8. The second kappa shape index (κ2) is 10.3. The second-order valence-corrected chi connectivity index (χ2v) is 13.9. The summed E-state index contributed by atoms with van der Waals surface area (Å²) >= 11 is 15.4. The molecule has 1 N–H and O–H groups in total. The van der Waals surface area contributed by atoms with Gasteiger partial charge < -0.3 is 5.11 Å². The highest BCUT2D eigenvalue weighted by Gasteiger charge is 2.77. The molecule has 0 spiro atoms. The smallest absolute Gasteiger partial charge is 0.258 e. The van der Waals surface area contributed by atoms with Crippen molar-refractivity contribution in [3.8, 4) is 5.75 Å². The van der Waals surface area contributed by atoms with Crippen molar-refractivity contribution < 1.29 is 46.2 Å². The first-order valence-corrected chi connectivity index (χ1v) is 15.5. The van der Waals surface area contributed by atoms with E-state index in [-0.39, 0.29) is 29.0 Å². The Hall–Kier alpha value is -3.81. The quantitative estimate of drug-likeness (QED) is 0.0914. The first-order chi connectivity index (χ1) is 21.8. The second-order valence-electron chi connectivity index (χ2n) is 11.6. The molecule has 46 heavy (non-hydrogen) atoms. The van der Waals surface area contributed by atoms with Gasteiger partial charge in [0.1, 0.15) is 11.4 Å². The van der Waals surface area contributed by atoms with Crippen LogP contribution in [0.1, 0.15) is 29.2 Å². The summed E-state index contributed by atoms with van der Waals surface area (Å²) in [5, 5.41) is 12.7. The maximum absolute atomic E-state index is 15.1. The van der Waals surface area contributed by atoms with Crippen LogP contribution >= 0.6 is 34.5 Å². The Bertz CT molecular complexity index is 1900. The molecule has 6 unspecified atom stereocenters. The highest BCUT2D eigenvalue weighted by Crippen LogP contribution is 2.66. The summed E-state index contributed by atoms with van der Waals surface area (Å²) in [5.41, 5.74) is -1.65. The minimum absolute atomic E-state index is 0.00973. The number of benzene rings is 2. The lowest BCUT2D eigenvalue weighted by Gasteiger charge is -2.50. The molecule has 4 aliphatic rings. The topological polar surface area (TPSA) is 95.0 Å². The van der Waals surface area contributed by atoms with Gasteiger partial charge in [-0.15, -0.1) is 34.5 Å². The van der Waals surface area contributed by atoms with Gasteiger partial charge in [0, 0.05) is 16.4 Å². The zero-order valence-electron chi connectivity index (χ0n) is 23.1. The lowest BCUT2D eigenvalue weighted by atomic mass is 9.56. The fraction of sp³-hybridized carbons (Fsp3) is 0.290. The maximum atomic E-state index is 15.1. The van der Waals surface area contributed by atoms with Gasteiger partial charge in [-0.05, 0) is 36.3 Å². The summed E-state index contributed by atoms with van der Waals surface area (Å²) in [4.78, 5) is 52.0. The minimum atomic E-state index is -2.69. The highest BCUT2D eigenvalue weighted by atomic mass is 35.5. The third-order valence-electron chi connectivity index (χ3n) is 9.45. The fourth-order valence-corrected chi connectivity index (χ4v) is 9.04. The van der Waals surface area contributed by atoms with Gasteiger partial charge in [0.25, 0.3) is 11.8 Å². The zero-order valence-corrected chi connectivity index (χ0v) is 25.4. The summed E-state index contributed by atoms with van der Waals surface area (Å²) in [6.07, 6.45) is 0.970. The van der Waals surface area contributed by atoms with E-state index in [2.05, 4.69) is 0 Å². The van der Waals surface area contributed by atoms with E-state index < -0.39 is 104 Å². The Morgan fingerprint density at radius 1 is 0.848 bits per heavy atom. The van der Waals surface area contributed by atoms with Crippen molar-refractivity contribution in [2.75, 3.05) is 4.90 Å². The number of allylic oxidation sites excluding steroid dienone is 2. The first-order valence-electron chi connectivity index (χ1n) is 13.9. The third kappa shape index (κ3) is 3.82. The molecular weight excluding hydrogens is 678 g/mol. The van der Waals surface area contributed by atoms with Crippen molar-refractivity contribution in [1.82, 2.24) is 4.90 Å². The summed E-state index contributed by atoms with van der Waals surface area (Å²) in [6, 6.07) is 9.03. The molecule has 238 valence electrons. The molecule has 0 radical (unpaired) electrons. The van der Waals surface area contributed by atoms with Crippen LogP contribution in [0.3, 0.4) is 0 Å². The van der Waals surface area contributed by atoms with Crippen LogP contribution in [0, 0.1) is 46.8 Å². The minimum Gasteiger partial charge on any atom is -0.508 e. The molecule has 2 aromatic carbocycles. The number of fused-ring (bicyclic) bond motifs is 4. The Morgan fingerprint density at radius 2 is 1.50 bits per heavy atom. The number of para-hydroxylation sites is 1. The Labute approximate surface area is 270 Å². The number of amides is 4. The number of anilines is 1. The predicted octanol–water partition coefficient (Wildman–Crippen LogP) is 5.91. The van der Waals surface area contributed by atoms with Gasteiger partial charge >= 0.3 is 0 Å². The maximum Gasteiger partial charge on any atom is 0.258 e. The van der Waals surface area contributed by atoms with E-state index >= 15 is 8.78 Å². The molecule has 3 heterocycles. The predicted molar refractivity (Wildman–Crippen MR) is 154 cm³/mol. The summed E-state index contributed by atoms with van der Waals surface area (Å²) in [6.45, 7) is -0.00973. The average Bonchev–Trinajstić information content (AvgIpc) is 3.67. The van der Waals surface area contributed by atoms with Crippen LogP contribution in [-0.2, 0) is 25.7 Å². The molecule has 7 rings (SSSR count). The van der Waals surface area contributed by atoms with Crippen LogP contribution < -0.4 is 4.90 Å². The number of likely N-dealkylation sites (tertiary alicyclic amines) is 1. The lowest BCUT2D eigenvalue weighted by Crippen LogP contribution is -2.60. The lowest BCUT2D eigenvalue weighted by molar-refractivity contribution is -0.141. The monoisotopic (exact) mass is 696 g/mol. The van der Waals surface area contributed by atoms with E-state index in [4.69, 9.17) is 23.2 Å². The van der Waals surface area contributed by atoms with Crippen molar-refractivity contribution in [3.63, 3.8) is 0 Å². The number of alkyl halides is 2. The SMILES string of the molecule is O=C1C2CC=C3C(CC4(Cl)C(=O)N(c5c(F)c(F)c(F)c(F)c5F)C(=O)C4(Cl)C3c3ccccc3O)C2C(=O)N1Cc1cccs1. The van der Waals surface area contributed by atoms with Crippen molar-refractivity contribution in [1.29, 1.82) is 0 Å². The van der Waals surface area contributed by atoms with Crippen LogP contribution in [0.4, 0.5) is 27.6 Å². The molecule has 2 aliphatic heterocycles. The molecule has 3 aromatic rings. The number of phenols is 1. The number of hydrogen-bond acceptors (Lipinski definition) is 6. The number of carbonyl (C=O) groups excluding carboxylic acids is 4. The molecule has 1 saturated carbocycles. The normalized spacial score (nSPS) is 30.5. The molecular formula is C31H19Cl2F5N2O5S. The van der Waals surface area contributed by atoms with Crippen LogP contribution in [0.2, 0.25) is 0 Å². The summed E-state index contributed by atoms with van der Waals surface area (Å²) in [7, 11) is 0. The molecule has 0 bridgehead atoms. The van der Waals surface area contributed by atoms with Crippen molar-refractivity contribution in [2.24, 2.45) is 17.8 Å². The number of imide groups is 2. The number of halogens is 7. The van der Waals surface area contributed by atoms with Crippen LogP contribution in [0.5, 0.6) is 5.75 Å². The van der Waals surface area contributed by atoms with Gasteiger partial charge in [0.05, 0.1) is 18.4 Å². The van der Waals surface area contributed by atoms with Crippen molar-refractivity contribution >= 4 is 63.9 Å². The van der Waals surface area contributed by atoms with E-state index in [0.29, 0.717) is 0 Å². The summed E-state index contributed by atoms with van der Waals surface area (Å²) < 4.78 is 72.7. The fourth-order valence-electron chi connectivity index (χ4n) is 7.42. The summed E-state index contributed by atoms with van der Waals surface area (Å²) in [5.74, 6) is -21.5. The van der Waals surface area contributed by atoms with E-state index in [1.54, 1.807) is 23.6 Å². The molecule has 2 saturated heterocycles. The van der Waals surface area contributed by atoms with E-state index in [1.165, 1.54) is 35.6 Å². The number of aromatic hydroxyl groups is 1. The molecule has 7 nitrogen and oxygen atoms in total. The number of thiophene rings is 1. The van der Waals surface area contributed by atoms with Gasteiger partial charge in [-0.3, -0.25) is 24.1 Å². The highest BCUT2D eigenvalue weighted by molar-refractivity contribution is 7.09. The Kier molecular flexibility index (Phi) is 6.93.